The Hall–Kier alpha value is -3.85. The average molecular weight is 493 g/mol. The third kappa shape index (κ3) is 4.59. The molecule has 0 aliphatic carbocycles. The molecule has 0 radical (unpaired) electrons. The van der Waals surface area contributed by atoms with Crippen molar-refractivity contribution in [1.82, 2.24) is 4.98 Å². The second-order valence-electron chi connectivity index (χ2n) is 8.13. The Morgan fingerprint density at radius 2 is 2.09 bits per heavy atom. The molecule has 0 bridgehead atoms. The van der Waals surface area contributed by atoms with E-state index >= 15 is 0 Å². The molecule has 1 aliphatic rings. The van der Waals surface area contributed by atoms with Crippen molar-refractivity contribution in [3.63, 3.8) is 0 Å². The Morgan fingerprint density at radius 1 is 1.20 bits per heavy atom. The first-order valence-electron chi connectivity index (χ1n) is 11.2. The zero-order chi connectivity index (χ0) is 24.4. The minimum absolute atomic E-state index is 0.0302. The number of carbonyl (C=O) groups excluding carboxylic acids is 2. The minimum Gasteiger partial charge on any atom is -0.483 e. The van der Waals surface area contributed by atoms with Crippen LogP contribution in [0.2, 0.25) is 0 Å². The Bertz CT molecular complexity index is 1350. The number of thiophene rings is 1. The summed E-state index contributed by atoms with van der Waals surface area (Å²) in [4.78, 5) is 32.7. The van der Waals surface area contributed by atoms with Crippen LogP contribution < -0.4 is 9.64 Å². The molecule has 35 heavy (non-hydrogen) atoms. The molecule has 0 saturated heterocycles. The molecule has 8 nitrogen and oxygen atoms in total. The number of hydrogen-bond donors (Lipinski definition) is 0. The lowest BCUT2D eigenvalue weighted by Crippen LogP contribution is -2.37. The molecule has 0 spiro atoms. The summed E-state index contributed by atoms with van der Waals surface area (Å²) < 4.78 is 22.1. The third-order valence-corrected chi connectivity index (χ3v) is 6.79. The highest BCUT2D eigenvalue weighted by atomic mass is 32.1. The van der Waals surface area contributed by atoms with E-state index in [0.29, 0.717) is 41.0 Å². The van der Waals surface area contributed by atoms with Crippen LogP contribution in [0.5, 0.6) is 5.75 Å². The summed E-state index contributed by atoms with van der Waals surface area (Å²) in [6, 6.07) is 11.2. The lowest BCUT2D eigenvalue weighted by molar-refractivity contribution is -0.118. The van der Waals surface area contributed by atoms with Crippen LogP contribution >= 0.6 is 11.3 Å². The maximum Gasteiger partial charge on any atom is 0.341 e. The summed E-state index contributed by atoms with van der Waals surface area (Å²) in [5.41, 5.74) is 2.72. The standard InChI is InChI=1S/C26H24N2O6S/c1-16-19(27-25(34-16)22-9-5-13-35-22)14-23(29)28-11-4-7-17-6-3-8-20(24(17)28)33-15-21-18(10-12-32-21)26(30)31-2/h3,5-6,8-10,12-13H,4,7,11,14-15H2,1-2H3. The van der Waals surface area contributed by atoms with Crippen molar-refractivity contribution in [2.75, 3.05) is 18.6 Å². The van der Waals surface area contributed by atoms with Crippen LogP contribution in [-0.4, -0.2) is 30.5 Å². The van der Waals surface area contributed by atoms with Gasteiger partial charge in [-0.15, -0.1) is 11.3 Å². The number of furan rings is 1. The van der Waals surface area contributed by atoms with Gasteiger partial charge in [0.1, 0.15) is 23.7 Å². The molecule has 0 saturated carbocycles. The number of ether oxygens (including phenoxy) is 2. The fourth-order valence-corrected chi connectivity index (χ4v) is 4.85. The van der Waals surface area contributed by atoms with Gasteiger partial charge in [0.2, 0.25) is 11.8 Å². The number of oxazole rings is 1. The number of carbonyl (C=O) groups is 2. The van der Waals surface area contributed by atoms with E-state index in [9.17, 15) is 9.59 Å². The number of anilines is 1. The van der Waals surface area contributed by atoms with E-state index in [-0.39, 0.29) is 18.9 Å². The van der Waals surface area contributed by atoms with E-state index in [1.165, 1.54) is 13.4 Å². The molecule has 0 unspecified atom stereocenters. The molecule has 180 valence electrons. The maximum absolute atomic E-state index is 13.5. The Morgan fingerprint density at radius 3 is 2.89 bits per heavy atom. The van der Waals surface area contributed by atoms with Crippen molar-refractivity contribution in [1.29, 1.82) is 0 Å². The predicted octanol–water partition coefficient (Wildman–Crippen LogP) is 5.19. The van der Waals surface area contributed by atoms with E-state index in [0.717, 1.165) is 29.0 Å². The van der Waals surface area contributed by atoms with Gasteiger partial charge < -0.3 is 23.2 Å². The monoisotopic (exact) mass is 492 g/mol. The van der Waals surface area contributed by atoms with Crippen LogP contribution in [0.4, 0.5) is 5.69 Å². The first kappa shape index (κ1) is 22.9. The minimum atomic E-state index is -0.492. The Kier molecular flexibility index (Phi) is 6.41. The molecule has 5 rings (SSSR count). The number of amides is 1. The molecule has 0 atom stereocenters. The van der Waals surface area contributed by atoms with Gasteiger partial charge in [-0.2, -0.15) is 0 Å². The highest BCUT2D eigenvalue weighted by molar-refractivity contribution is 7.13. The first-order valence-corrected chi connectivity index (χ1v) is 12.1. The predicted molar refractivity (Wildman–Crippen MR) is 130 cm³/mol. The summed E-state index contributed by atoms with van der Waals surface area (Å²) in [6.45, 7) is 2.44. The average Bonchev–Trinajstić information content (AvgIpc) is 3.63. The van der Waals surface area contributed by atoms with Gasteiger partial charge in [-0.05, 0) is 48.9 Å². The molecule has 9 heteroatoms. The number of methoxy groups -OCH3 is 1. The lowest BCUT2D eigenvalue weighted by atomic mass is 10.0. The van der Waals surface area contributed by atoms with Crippen LogP contribution in [-0.2, 0) is 29.0 Å². The molecular weight excluding hydrogens is 468 g/mol. The molecule has 1 aromatic carbocycles. The zero-order valence-corrected chi connectivity index (χ0v) is 20.2. The van der Waals surface area contributed by atoms with E-state index < -0.39 is 5.97 Å². The normalized spacial score (nSPS) is 12.9. The van der Waals surface area contributed by atoms with Gasteiger partial charge in [-0.1, -0.05) is 18.2 Å². The SMILES string of the molecule is COC(=O)c1ccoc1COc1cccc2c1N(C(=O)Cc1nc(-c3cccs3)oc1C)CCC2. The van der Waals surface area contributed by atoms with E-state index in [1.807, 2.05) is 42.6 Å². The van der Waals surface area contributed by atoms with Gasteiger partial charge in [0.05, 0.1) is 36.1 Å². The molecular formula is C26H24N2O6S. The number of benzene rings is 1. The Labute approximate surface area is 206 Å². The number of rotatable bonds is 7. The number of fused-ring (bicyclic) bond motifs is 1. The molecule has 0 fully saturated rings. The lowest BCUT2D eigenvalue weighted by Gasteiger charge is -2.31. The van der Waals surface area contributed by atoms with Gasteiger partial charge in [0.15, 0.2) is 5.76 Å². The van der Waals surface area contributed by atoms with Crippen LogP contribution in [0.25, 0.3) is 10.8 Å². The fourth-order valence-electron chi connectivity index (χ4n) is 4.21. The Balaban J connectivity index is 1.37. The van der Waals surface area contributed by atoms with Crippen LogP contribution in [0, 0.1) is 6.92 Å². The highest BCUT2D eigenvalue weighted by Crippen LogP contribution is 2.37. The van der Waals surface area contributed by atoms with Gasteiger partial charge in [0, 0.05) is 6.54 Å². The summed E-state index contributed by atoms with van der Waals surface area (Å²) in [5.74, 6) is 1.51. The van der Waals surface area contributed by atoms with Crippen molar-refractivity contribution >= 4 is 28.9 Å². The summed E-state index contributed by atoms with van der Waals surface area (Å²) in [5, 5.41) is 1.96. The molecule has 4 aromatic rings. The van der Waals surface area contributed by atoms with E-state index in [4.69, 9.17) is 18.3 Å². The second kappa shape index (κ2) is 9.79. The van der Waals surface area contributed by atoms with Crippen molar-refractivity contribution in [3.8, 4) is 16.5 Å². The van der Waals surface area contributed by atoms with Gasteiger partial charge in [-0.25, -0.2) is 9.78 Å². The van der Waals surface area contributed by atoms with Crippen molar-refractivity contribution in [3.05, 3.63) is 76.4 Å². The molecule has 3 aromatic heterocycles. The number of aromatic nitrogens is 1. The maximum atomic E-state index is 13.5. The summed E-state index contributed by atoms with van der Waals surface area (Å²) >= 11 is 1.54. The number of hydrogen-bond acceptors (Lipinski definition) is 8. The molecule has 0 N–H and O–H groups in total. The summed E-state index contributed by atoms with van der Waals surface area (Å²) in [6.07, 6.45) is 3.24. The number of aryl methyl sites for hydroxylation is 2. The van der Waals surface area contributed by atoms with Crippen molar-refractivity contribution in [2.45, 2.75) is 32.8 Å². The molecule has 1 amide bonds. The molecule has 4 heterocycles. The van der Waals surface area contributed by atoms with Crippen molar-refractivity contribution in [2.24, 2.45) is 0 Å². The fraction of sp³-hybridized carbons (Fsp3) is 0.269. The van der Waals surface area contributed by atoms with E-state index in [1.54, 1.807) is 22.3 Å². The quantitative estimate of drug-likeness (QED) is 0.328. The largest absolute Gasteiger partial charge is 0.483 e. The topological polar surface area (TPSA) is 95.0 Å². The van der Waals surface area contributed by atoms with Crippen molar-refractivity contribution < 1.29 is 27.9 Å². The van der Waals surface area contributed by atoms with Crippen LogP contribution in [0.15, 0.2) is 56.9 Å². The van der Waals surface area contributed by atoms with Gasteiger partial charge in [-0.3, -0.25) is 4.79 Å². The first-order chi connectivity index (χ1) is 17.0. The number of esters is 1. The van der Waals surface area contributed by atoms with E-state index in [2.05, 4.69) is 4.98 Å². The molecule has 1 aliphatic heterocycles. The summed E-state index contributed by atoms with van der Waals surface area (Å²) in [7, 11) is 1.32. The number of nitrogens with zero attached hydrogens (tertiary/aromatic N) is 2. The highest BCUT2D eigenvalue weighted by Gasteiger charge is 2.28. The smallest absolute Gasteiger partial charge is 0.341 e. The van der Waals surface area contributed by atoms with Gasteiger partial charge in [0.25, 0.3) is 0 Å². The van der Waals surface area contributed by atoms with Crippen LogP contribution in [0.3, 0.4) is 0 Å². The third-order valence-electron chi connectivity index (χ3n) is 5.93. The van der Waals surface area contributed by atoms with Gasteiger partial charge >= 0.3 is 5.97 Å². The zero-order valence-electron chi connectivity index (χ0n) is 19.4. The van der Waals surface area contributed by atoms with Crippen LogP contribution in [0.1, 0.15) is 39.6 Å². The second-order valence-corrected chi connectivity index (χ2v) is 9.07. The number of para-hydroxylation sites is 1.